The third kappa shape index (κ3) is 2.88. The van der Waals surface area contributed by atoms with Crippen molar-refractivity contribution < 1.29 is 8.42 Å². The summed E-state index contributed by atoms with van der Waals surface area (Å²) in [6.07, 6.45) is 5.08. The monoisotopic (exact) mass is 383 g/mol. The first-order chi connectivity index (χ1) is 8.95. The summed E-state index contributed by atoms with van der Waals surface area (Å²) in [4.78, 5) is 0. The number of halogens is 2. The molecule has 2 saturated carbocycles. The van der Waals surface area contributed by atoms with Gasteiger partial charge in [0, 0.05) is 6.54 Å². The molecule has 0 spiro atoms. The molecule has 0 aliphatic heterocycles. The van der Waals surface area contributed by atoms with Gasteiger partial charge in [0.15, 0.2) is 0 Å². The molecule has 0 amide bonds. The Morgan fingerprint density at radius 2 is 2.21 bits per heavy atom. The van der Waals surface area contributed by atoms with Gasteiger partial charge in [-0.2, -0.15) is 0 Å². The lowest BCUT2D eigenvalue weighted by Gasteiger charge is -2.21. The second-order valence-electron chi connectivity index (χ2n) is 5.47. The Hall–Kier alpha value is 0.380. The third-order valence-corrected chi connectivity index (χ3v) is 8.68. The van der Waals surface area contributed by atoms with E-state index in [-0.39, 0.29) is 4.21 Å². The van der Waals surface area contributed by atoms with Gasteiger partial charge in [0.05, 0.1) is 8.81 Å². The molecule has 2 bridgehead atoms. The summed E-state index contributed by atoms with van der Waals surface area (Å²) in [5.41, 5.74) is 0. The SMILES string of the molecule is O=S(=O)(NCC1CC2CCC1C2)c1cc(Cl)c(Br)s1. The molecule has 2 aliphatic rings. The van der Waals surface area contributed by atoms with Gasteiger partial charge in [-0.15, -0.1) is 11.3 Å². The number of rotatable bonds is 4. The first-order valence-electron chi connectivity index (χ1n) is 6.40. The summed E-state index contributed by atoms with van der Waals surface area (Å²) in [6, 6.07) is 1.50. The van der Waals surface area contributed by atoms with E-state index in [2.05, 4.69) is 20.7 Å². The molecule has 1 N–H and O–H groups in total. The Bertz CT molecular complexity index is 567. The Balaban J connectivity index is 1.65. The van der Waals surface area contributed by atoms with Gasteiger partial charge in [-0.3, -0.25) is 0 Å². The van der Waals surface area contributed by atoms with E-state index in [1.807, 2.05) is 0 Å². The molecule has 3 rings (SSSR count). The molecule has 1 aromatic heterocycles. The molecule has 2 fully saturated rings. The van der Waals surface area contributed by atoms with E-state index in [1.165, 1.54) is 31.7 Å². The van der Waals surface area contributed by atoms with Gasteiger partial charge in [0.1, 0.15) is 4.21 Å². The van der Waals surface area contributed by atoms with Gasteiger partial charge in [-0.1, -0.05) is 18.0 Å². The van der Waals surface area contributed by atoms with E-state index < -0.39 is 10.0 Å². The van der Waals surface area contributed by atoms with Crippen LogP contribution in [0.2, 0.25) is 5.02 Å². The van der Waals surface area contributed by atoms with Crippen LogP contribution in [-0.4, -0.2) is 15.0 Å². The maximum atomic E-state index is 12.2. The lowest BCUT2D eigenvalue weighted by molar-refractivity contribution is 0.333. The van der Waals surface area contributed by atoms with E-state index >= 15 is 0 Å². The number of sulfonamides is 1. The van der Waals surface area contributed by atoms with Crippen molar-refractivity contribution in [3.63, 3.8) is 0 Å². The summed E-state index contributed by atoms with van der Waals surface area (Å²) in [5, 5.41) is 0.449. The molecule has 2 aliphatic carbocycles. The first-order valence-corrected chi connectivity index (χ1v) is 9.87. The number of hydrogen-bond donors (Lipinski definition) is 1. The van der Waals surface area contributed by atoms with E-state index in [0.29, 0.717) is 21.3 Å². The Morgan fingerprint density at radius 1 is 1.42 bits per heavy atom. The second-order valence-corrected chi connectivity index (χ2v) is 10.2. The topological polar surface area (TPSA) is 46.2 Å². The largest absolute Gasteiger partial charge is 0.250 e. The van der Waals surface area contributed by atoms with Crippen LogP contribution < -0.4 is 4.72 Å². The molecule has 3 unspecified atom stereocenters. The smallest absolute Gasteiger partial charge is 0.210 e. The fourth-order valence-electron chi connectivity index (χ4n) is 3.37. The van der Waals surface area contributed by atoms with Crippen molar-refractivity contribution in [1.29, 1.82) is 0 Å². The van der Waals surface area contributed by atoms with Crippen molar-refractivity contribution in [3.8, 4) is 0 Å². The van der Waals surface area contributed by atoms with Gasteiger partial charge in [0.2, 0.25) is 10.0 Å². The van der Waals surface area contributed by atoms with Crippen LogP contribution >= 0.6 is 38.9 Å². The van der Waals surface area contributed by atoms with Gasteiger partial charge in [-0.25, -0.2) is 13.1 Å². The van der Waals surface area contributed by atoms with E-state index in [9.17, 15) is 8.42 Å². The van der Waals surface area contributed by atoms with Gasteiger partial charge >= 0.3 is 0 Å². The summed E-state index contributed by atoms with van der Waals surface area (Å²) >= 11 is 10.3. The predicted octanol–water partition coefficient (Wildman–Crippen LogP) is 3.88. The molecule has 106 valence electrons. The highest BCUT2D eigenvalue weighted by atomic mass is 79.9. The number of nitrogens with one attached hydrogen (secondary N) is 1. The predicted molar refractivity (Wildman–Crippen MR) is 81.2 cm³/mol. The van der Waals surface area contributed by atoms with E-state index in [4.69, 9.17) is 11.6 Å². The van der Waals surface area contributed by atoms with Crippen LogP contribution in [0.25, 0.3) is 0 Å². The minimum absolute atomic E-state index is 0.285. The Labute approximate surface area is 130 Å². The average molecular weight is 385 g/mol. The Kier molecular flexibility index (Phi) is 3.99. The van der Waals surface area contributed by atoms with E-state index in [0.717, 1.165) is 23.2 Å². The molecule has 7 heteroatoms. The third-order valence-electron chi connectivity index (χ3n) is 4.31. The minimum Gasteiger partial charge on any atom is -0.210 e. The molecule has 0 aromatic carbocycles. The normalized spacial score (nSPS) is 30.1. The van der Waals surface area contributed by atoms with Crippen molar-refractivity contribution >= 4 is 48.9 Å². The molecular weight excluding hydrogens is 370 g/mol. The lowest BCUT2D eigenvalue weighted by Crippen LogP contribution is -2.31. The maximum absolute atomic E-state index is 12.2. The Morgan fingerprint density at radius 3 is 2.74 bits per heavy atom. The van der Waals surface area contributed by atoms with Crippen molar-refractivity contribution in [2.75, 3.05) is 6.54 Å². The van der Waals surface area contributed by atoms with Crippen LogP contribution in [0.15, 0.2) is 14.1 Å². The van der Waals surface area contributed by atoms with Crippen LogP contribution in [0.5, 0.6) is 0 Å². The summed E-state index contributed by atoms with van der Waals surface area (Å²) in [6.45, 7) is 0.566. The van der Waals surface area contributed by atoms with Gasteiger partial charge in [0.25, 0.3) is 0 Å². The summed E-state index contributed by atoms with van der Waals surface area (Å²) < 4.78 is 28.1. The fourth-order valence-corrected chi connectivity index (χ4v) is 6.91. The molecule has 3 nitrogen and oxygen atoms in total. The molecular formula is C12H15BrClNO2S2. The van der Waals surface area contributed by atoms with Gasteiger partial charge in [-0.05, 0) is 59.0 Å². The zero-order chi connectivity index (χ0) is 13.6. The highest BCUT2D eigenvalue weighted by molar-refractivity contribution is 9.11. The molecule has 0 radical (unpaired) electrons. The second kappa shape index (κ2) is 5.30. The molecule has 19 heavy (non-hydrogen) atoms. The van der Waals surface area contributed by atoms with Crippen molar-refractivity contribution in [2.24, 2.45) is 17.8 Å². The molecule has 1 heterocycles. The van der Waals surface area contributed by atoms with Crippen LogP contribution in [0.4, 0.5) is 0 Å². The van der Waals surface area contributed by atoms with Crippen molar-refractivity contribution in [3.05, 3.63) is 14.9 Å². The highest BCUT2D eigenvalue weighted by Gasteiger charge is 2.39. The first kappa shape index (κ1) is 14.3. The van der Waals surface area contributed by atoms with Crippen LogP contribution in [-0.2, 0) is 10.0 Å². The fraction of sp³-hybridized carbons (Fsp3) is 0.667. The van der Waals surface area contributed by atoms with Crippen molar-refractivity contribution in [2.45, 2.75) is 29.9 Å². The standard InChI is InChI=1S/C12H15BrClNO2S2/c13-12-10(14)5-11(18-12)19(16,17)15-6-9-4-7-1-2-8(9)3-7/h5,7-9,15H,1-4,6H2. The summed E-state index contributed by atoms with van der Waals surface area (Å²) in [7, 11) is -3.41. The lowest BCUT2D eigenvalue weighted by atomic mass is 9.89. The zero-order valence-corrected chi connectivity index (χ0v) is 14.2. The average Bonchev–Trinajstić information content (AvgIpc) is 3.04. The molecule has 3 atom stereocenters. The molecule has 1 aromatic rings. The van der Waals surface area contributed by atoms with Crippen molar-refractivity contribution in [1.82, 2.24) is 4.72 Å². The van der Waals surface area contributed by atoms with E-state index in [1.54, 1.807) is 0 Å². The van der Waals surface area contributed by atoms with Gasteiger partial charge < -0.3 is 0 Å². The number of hydrogen-bond acceptors (Lipinski definition) is 3. The zero-order valence-electron chi connectivity index (χ0n) is 10.2. The molecule has 0 saturated heterocycles. The van der Waals surface area contributed by atoms with Crippen LogP contribution in [0.3, 0.4) is 0 Å². The number of fused-ring (bicyclic) bond motifs is 2. The maximum Gasteiger partial charge on any atom is 0.250 e. The highest BCUT2D eigenvalue weighted by Crippen LogP contribution is 2.48. The summed E-state index contributed by atoms with van der Waals surface area (Å²) in [5.74, 6) is 2.09. The van der Waals surface area contributed by atoms with Crippen LogP contribution in [0.1, 0.15) is 25.7 Å². The quantitative estimate of drug-likeness (QED) is 0.856. The minimum atomic E-state index is -3.41. The number of thiophene rings is 1. The van der Waals surface area contributed by atoms with Crippen LogP contribution in [0, 0.1) is 17.8 Å².